The van der Waals surface area contributed by atoms with Crippen LogP contribution in [-0.4, -0.2) is 25.8 Å². The average Bonchev–Trinajstić information content (AvgIpc) is 2.22. The highest BCUT2D eigenvalue weighted by Gasteiger charge is 2.37. The topological polar surface area (TPSA) is 21.3 Å². The van der Waals surface area contributed by atoms with E-state index in [9.17, 15) is 0 Å². The van der Waals surface area contributed by atoms with Gasteiger partial charge in [-0.3, -0.25) is 0 Å². The maximum atomic E-state index is 6.12. The van der Waals surface area contributed by atoms with E-state index in [1.54, 1.807) is 0 Å². The van der Waals surface area contributed by atoms with Crippen LogP contribution in [-0.2, 0) is 4.74 Å². The fraction of sp³-hybridized carbons (Fsp3) is 1.00. The van der Waals surface area contributed by atoms with Crippen molar-refractivity contribution in [2.75, 3.05) is 20.2 Å². The molecule has 1 N–H and O–H groups in total. The molecule has 0 amide bonds. The zero-order valence-corrected chi connectivity index (χ0v) is 10.8. The average molecular weight is 213 g/mol. The molecule has 2 heteroatoms. The van der Waals surface area contributed by atoms with Gasteiger partial charge in [0.05, 0.1) is 5.60 Å². The predicted molar refractivity (Wildman–Crippen MR) is 65.1 cm³/mol. The Bertz CT molecular complexity index is 179. The van der Waals surface area contributed by atoms with Crippen LogP contribution in [0, 0.1) is 11.8 Å². The van der Waals surface area contributed by atoms with E-state index in [2.05, 4.69) is 26.1 Å². The second-order valence-electron chi connectivity index (χ2n) is 5.26. The minimum Gasteiger partial charge on any atom is -0.374 e. The highest BCUT2D eigenvalue weighted by molar-refractivity contribution is 4.90. The van der Waals surface area contributed by atoms with Crippen LogP contribution in [0.3, 0.4) is 0 Å². The lowest BCUT2D eigenvalue weighted by atomic mass is 9.73. The van der Waals surface area contributed by atoms with Crippen molar-refractivity contribution < 1.29 is 4.74 Å². The Labute approximate surface area is 94.8 Å². The molecule has 1 saturated carbocycles. The summed E-state index contributed by atoms with van der Waals surface area (Å²) in [7, 11) is 2.03. The van der Waals surface area contributed by atoms with Crippen LogP contribution in [0.2, 0.25) is 0 Å². The molecule has 1 rings (SSSR count). The maximum Gasteiger partial charge on any atom is 0.0808 e. The van der Waals surface area contributed by atoms with Crippen molar-refractivity contribution >= 4 is 0 Å². The number of hydrogen-bond donors (Lipinski definition) is 1. The van der Waals surface area contributed by atoms with Crippen LogP contribution >= 0.6 is 0 Å². The standard InChI is InChI=1S/C13H27NO/c1-5-8-15-13(10-14-4)7-6-11(2)12(3)9-13/h11-12,14H,5-10H2,1-4H3. The first-order valence-electron chi connectivity index (χ1n) is 6.42. The fourth-order valence-electron chi connectivity index (χ4n) is 2.65. The summed E-state index contributed by atoms with van der Waals surface area (Å²) >= 11 is 0. The molecule has 2 nitrogen and oxygen atoms in total. The van der Waals surface area contributed by atoms with Crippen molar-refractivity contribution in [3.05, 3.63) is 0 Å². The normalized spacial score (nSPS) is 36.8. The van der Waals surface area contributed by atoms with Crippen molar-refractivity contribution in [2.24, 2.45) is 11.8 Å². The Hall–Kier alpha value is -0.0800. The van der Waals surface area contributed by atoms with Crippen LogP contribution in [0.1, 0.15) is 46.5 Å². The highest BCUT2D eigenvalue weighted by atomic mass is 16.5. The Morgan fingerprint density at radius 3 is 2.60 bits per heavy atom. The lowest BCUT2D eigenvalue weighted by molar-refractivity contribution is -0.0877. The minimum atomic E-state index is 0.122. The summed E-state index contributed by atoms with van der Waals surface area (Å²) in [6.07, 6.45) is 4.87. The minimum absolute atomic E-state index is 0.122. The van der Waals surface area contributed by atoms with Gasteiger partial charge >= 0.3 is 0 Å². The van der Waals surface area contributed by atoms with E-state index in [4.69, 9.17) is 4.74 Å². The number of ether oxygens (including phenoxy) is 1. The van der Waals surface area contributed by atoms with Gasteiger partial charge < -0.3 is 10.1 Å². The van der Waals surface area contributed by atoms with Crippen molar-refractivity contribution in [3.8, 4) is 0 Å². The second kappa shape index (κ2) is 5.86. The summed E-state index contributed by atoms with van der Waals surface area (Å²) in [6, 6.07) is 0. The van der Waals surface area contributed by atoms with Crippen LogP contribution in [0.5, 0.6) is 0 Å². The fourth-order valence-corrected chi connectivity index (χ4v) is 2.65. The van der Waals surface area contributed by atoms with Crippen LogP contribution in [0.25, 0.3) is 0 Å². The van der Waals surface area contributed by atoms with Crippen LogP contribution in [0.4, 0.5) is 0 Å². The zero-order valence-electron chi connectivity index (χ0n) is 10.8. The second-order valence-corrected chi connectivity index (χ2v) is 5.26. The molecule has 0 aliphatic heterocycles. The first kappa shape index (κ1) is 13.0. The third-order valence-electron chi connectivity index (χ3n) is 3.83. The molecule has 1 aliphatic rings. The van der Waals surface area contributed by atoms with Crippen molar-refractivity contribution in [2.45, 2.75) is 52.1 Å². The molecule has 0 aromatic carbocycles. The number of hydrogen-bond acceptors (Lipinski definition) is 2. The molecular formula is C13H27NO. The van der Waals surface area contributed by atoms with E-state index in [0.29, 0.717) is 0 Å². The summed E-state index contributed by atoms with van der Waals surface area (Å²) in [6.45, 7) is 8.83. The van der Waals surface area contributed by atoms with Gasteiger partial charge in [-0.25, -0.2) is 0 Å². The van der Waals surface area contributed by atoms with Gasteiger partial charge in [0.1, 0.15) is 0 Å². The van der Waals surface area contributed by atoms with E-state index in [0.717, 1.165) is 31.4 Å². The number of rotatable bonds is 5. The van der Waals surface area contributed by atoms with Crippen LogP contribution in [0.15, 0.2) is 0 Å². The first-order chi connectivity index (χ1) is 7.13. The Balaban J connectivity index is 2.56. The molecule has 15 heavy (non-hydrogen) atoms. The molecule has 0 heterocycles. The molecule has 0 aromatic heterocycles. The van der Waals surface area contributed by atoms with Crippen molar-refractivity contribution in [1.82, 2.24) is 5.32 Å². The summed E-state index contributed by atoms with van der Waals surface area (Å²) < 4.78 is 6.12. The monoisotopic (exact) mass is 213 g/mol. The lowest BCUT2D eigenvalue weighted by Gasteiger charge is -2.42. The molecule has 1 fully saturated rings. The SMILES string of the molecule is CCCOC1(CNC)CCC(C)C(C)C1. The highest BCUT2D eigenvalue weighted by Crippen LogP contribution is 2.38. The maximum absolute atomic E-state index is 6.12. The Morgan fingerprint density at radius 1 is 1.33 bits per heavy atom. The molecular weight excluding hydrogens is 186 g/mol. The van der Waals surface area contributed by atoms with E-state index in [-0.39, 0.29) is 5.60 Å². The van der Waals surface area contributed by atoms with Crippen molar-refractivity contribution in [1.29, 1.82) is 0 Å². The van der Waals surface area contributed by atoms with Gasteiger partial charge in [-0.2, -0.15) is 0 Å². The predicted octanol–water partition coefficient (Wildman–Crippen LogP) is 2.83. The summed E-state index contributed by atoms with van der Waals surface area (Å²) in [5.41, 5.74) is 0.122. The number of nitrogens with one attached hydrogen (secondary N) is 1. The molecule has 1 aliphatic carbocycles. The molecule has 0 bridgehead atoms. The first-order valence-corrected chi connectivity index (χ1v) is 6.42. The lowest BCUT2D eigenvalue weighted by Crippen LogP contribution is -2.47. The molecule has 3 unspecified atom stereocenters. The van der Waals surface area contributed by atoms with Gasteiger partial charge in [0.15, 0.2) is 0 Å². The molecule has 3 atom stereocenters. The van der Waals surface area contributed by atoms with Gasteiger partial charge in [0.2, 0.25) is 0 Å². The Kier molecular flexibility index (Phi) is 5.07. The molecule has 0 aromatic rings. The third-order valence-corrected chi connectivity index (χ3v) is 3.83. The summed E-state index contributed by atoms with van der Waals surface area (Å²) in [4.78, 5) is 0. The van der Waals surface area contributed by atoms with Gasteiger partial charge in [-0.05, 0) is 44.6 Å². The van der Waals surface area contributed by atoms with E-state index >= 15 is 0 Å². The molecule has 0 saturated heterocycles. The van der Waals surface area contributed by atoms with Crippen molar-refractivity contribution in [3.63, 3.8) is 0 Å². The van der Waals surface area contributed by atoms with E-state index in [1.807, 2.05) is 7.05 Å². The van der Waals surface area contributed by atoms with E-state index in [1.165, 1.54) is 19.3 Å². The van der Waals surface area contributed by atoms with Gasteiger partial charge in [0, 0.05) is 13.2 Å². The zero-order chi connectivity index (χ0) is 11.3. The largest absolute Gasteiger partial charge is 0.374 e. The quantitative estimate of drug-likeness (QED) is 0.758. The molecule has 0 spiro atoms. The van der Waals surface area contributed by atoms with Gasteiger partial charge in [-0.15, -0.1) is 0 Å². The van der Waals surface area contributed by atoms with Gasteiger partial charge in [-0.1, -0.05) is 20.8 Å². The smallest absolute Gasteiger partial charge is 0.0808 e. The van der Waals surface area contributed by atoms with Gasteiger partial charge in [0.25, 0.3) is 0 Å². The third kappa shape index (κ3) is 3.46. The summed E-state index contributed by atoms with van der Waals surface area (Å²) in [5.74, 6) is 1.66. The van der Waals surface area contributed by atoms with E-state index < -0.39 is 0 Å². The molecule has 90 valence electrons. The van der Waals surface area contributed by atoms with Crippen LogP contribution < -0.4 is 5.32 Å². The number of likely N-dealkylation sites (N-methyl/N-ethyl adjacent to an activating group) is 1. The Morgan fingerprint density at radius 2 is 2.07 bits per heavy atom. The summed E-state index contributed by atoms with van der Waals surface area (Å²) in [5, 5.41) is 3.30. The molecule has 0 radical (unpaired) electrons.